The van der Waals surface area contributed by atoms with Gasteiger partial charge in [-0.2, -0.15) is 4.98 Å². The van der Waals surface area contributed by atoms with Crippen molar-refractivity contribution in [3.8, 4) is 11.5 Å². The second-order valence-corrected chi connectivity index (χ2v) is 19.8. The van der Waals surface area contributed by atoms with Gasteiger partial charge in [0.1, 0.15) is 42.0 Å². The molecule has 4 aliphatic heterocycles. The van der Waals surface area contributed by atoms with E-state index in [0.29, 0.717) is 70.6 Å². The lowest BCUT2D eigenvalue weighted by Gasteiger charge is -2.43. The first-order chi connectivity index (χ1) is 29.5. The van der Waals surface area contributed by atoms with Gasteiger partial charge in [-0.3, -0.25) is 24.7 Å². The van der Waals surface area contributed by atoms with Crippen LogP contribution in [0.3, 0.4) is 0 Å². The molecule has 3 N–H and O–H groups in total. The van der Waals surface area contributed by atoms with E-state index >= 15 is 0 Å². The molecule has 0 radical (unpaired) electrons. The Morgan fingerprint density at radius 3 is 2.46 bits per heavy atom. The van der Waals surface area contributed by atoms with Crippen molar-refractivity contribution in [1.29, 1.82) is 0 Å². The van der Waals surface area contributed by atoms with E-state index in [0.717, 1.165) is 81.2 Å². The molecule has 61 heavy (non-hydrogen) atoms. The fourth-order valence-corrected chi connectivity index (χ4v) is 10.1. The maximum atomic E-state index is 12.9. The van der Waals surface area contributed by atoms with Crippen molar-refractivity contribution in [2.75, 3.05) is 88.4 Å². The van der Waals surface area contributed by atoms with Crippen molar-refractivity contribution in [2.24, 2.45) is 0 Å². The molecule has 8 rings (SSSR count). The second-order valence-electron chi connectivity index (χ2n) is 16.2. The summed E-state index contributed by atoms with van der Waals surface area (Å²) in [6, 6.07) is 19.1. The van der Waals surface area contributed by atoms with Crippen LogP contribution >= 0.6 is 18.7 Å². The number of benzene rings is 3. The highest BCUT2D eigenvalue weighted by molar-refractivity contribution is 7.70. The molecule has 0 aliphatic carbocycles. The smallest absolute Gasteiger partial charge is 0.249 e. The Bertz CT molecular complexity index is 2390. The van der Waals surface area contributed by atoms with Crippen LogP contribution in [0.15, 0.2) is 66.9 Å². The number of piperidine rings is 2. The number of halogens is 1. The fraction of sp³-hybridized carbons (Fsp3) is 0.409. The number of amides is 2. The Kier molecular flexibility index (Phi) is 12.7. The van der Waals surface area contributed by atoms with E-state index in [1.54, 1.807) is 25.3 Å². The average molecular weight is 868 g/mol. The molecule has 0 saturated carbocycles. The number of fused-ring (bicyclic) bond motifs is 1. The quantitative estimate of drug-likeness (QED) is 0.0899. The Morgan fingerprint density at radius 2 is 1.72 bits per heavy atom. The molecule has 0 bridgehead atoms. The molecular weight excluding hydrogens is 817 g/mol. The number of methoxy groups -OCH3 is 1. The minimum Gasteiger partial charge on any atom is -0.494 e. The van der Waals surface area contributed by atoms with Gasteiger partial charge in [0.25, 0.3) is 0 Å². The monoisotopic (exact) mass is 867 g/mol. The van der Waals surface area contributed by atoms with Gasteiger partial charge in [0, 0.05) is 93.0 Å². The molecule has 0 spiro atoms. The maximum absolute atomic E-state index is 12.9. The number of nitrogens with zero attached hydrogens (tertiary/aromatic N) is 6. The lowest BCUT2D eigenvalue weighted by Crippen LogP contribution is -2.53. The van der Waals surface area contributed by atoms with Crippen LogP contribution in [0, 0.1) is 0 Å². The van der Waals surface area contributed by atoms with Crippen molar-refractivity contribution in [3.63, 3.8) is 0 Å². The highest BCUT2D eigenvalue weighted by Gasteiger charge is 2.39. The number of carbonyl (C=O) groups excluding carboxylic acids is 3. The number of anilines is 5. The number of aromatic nitrogens is 2. The molecule has 2 amide bonds. The summed E-state index contributed by atoms with van der Waals surface area (Å²) in [6.07, 6.45) is 4.27. The molecule has 4 aliphatic rings. The van der Waals surface area contributed by atoms with Crippen LogP contribution in [0.5, 0.6) is 11.5 Å². The van der Waals surface area contributed by atoms with Gasteiger partial charge in [0.2, 0.25) is 17.8 Å². The van der Waals surface area contributed by atoms with Crippen LogP contribution in [0.4, 0.5) is 28.8 Å². The molecule has 3 fully saturated rings. The predicted octanol–water partition coefficient (Wildman–Crippen LogP) is 5.33. The number of carbonyl (C=O) groups is 2. The van der Waals surface area contributed by atoms with Crippen molar-refractivity contribution in [1.82, 2.24) is 30.0 Å². The molecule has 1 unspecified atom stereocenters. The van der Waals surface area contributed by atoms with E-state index in [-0.39, 0.29) is 18.2 Å². The van der Waals surface area contributed by atoms with Crippen LogP contribution in [0.1, 0.15) is 36.8 Å². The highest BCUT2D eigenvalue weighted by atomic mass is 35.5. The summed E-state index contributed by atoms with van der Waals surface area (Å²) in [5.41, 5.74) is 4.43. The third-order valence-corrected chi connectivity index (χ3v) is 13.8. The number of nitrogens with one attached hydrogen (secondary N) is 3. The summed E-state index contributed by atoms with van der Waals surface area (Å²) in [6.45, 7) is 10.9. The van der Waals surface area contributed by atoms with E-state index in [1.165, 1.54) is 6.20 Å². The van der Waals surface area contributed by atoms with Gasteiger partial charge in [-0.05, 0) is 62.9 Å². The zero-order chi connectivity index (χ0) is 42.7. The summed E-state index contributed by atoms with van der Waals surface area (Å²) >= 11 is 6.48. The second kappa shape index (κ2) is 18.3. The summed E-state index contributed by atoms with van der Waals surface area (Å²) < 4.78 is 25.0. The summed E-state index contributed by atoms with van der Waals surface area (Å²) in [5.74, 6) is 3.48. The molecule has 15 nitrogen and oxygen atoms in total. The standard InChI is InChI=1S/C44H51ClN9O6P/c1-59-39-25-30(11-12-34(39)48-44-46-26-33(45)42(50-44)47-35-8-4-5-10-40(35)61(2,3)58)52-17-15-29(16-18-52)53-21-19-51(20-22-53)23-24-60-38-9-6-7-31-32(38)27-54(37(31)28-55)36-13-14-41(56)49-43(36)57/h4-12,25-26,29,36H,13-24,27H2,1-3H3,(H,49,56,57)(H2,46,47,48,50). The third kappa shape index (κ3) is 9.41. The summed E-state index contributed by atoms with van der Waals surface area (Å²) in [5, 5.41) is 9.98. The minimum atomic E-state index is -2.55. The van der Waals surface area contributed by atoms with Crippen molar-refractivity contribution in [2.45, 2.75) is 44.3 Å². The molecule has 3 aromatic carbocycles. The van der Waals surface area contributed by atoms with Crippen LogP contribution < -0.4 is 35.6 Å². The van der Waals surface area contributed by atoms with Crippen molar-refractivity contribution in [3.05, 3.63) is 83.0 Å². The van der Waals surface area contributed by atoms with E-state index < -0.39 is 13.2 Å². The normalized spacial score (nSPS) is 19.0. The van der Waals surface area contributed by atoms with Crippen LogP contribution in [-0.4, -0.2) is 127 Å². The Balaban J connectivity index is 0.805. The van der Waals surface area contributed by atoms with E-state index in [4.69, 9.17) is 21.1 Å². The number of hydrogen-bond acceptors (Lipinski definition) is 14. The Labute approximate surface area is 360 Å². The minimum absolute atomic E-state index is 0.238. The van der Waals surface area contributed by atoms with Gasteiger partial charge in [0.15, 0.2) is 11.8 Å². The first kappa shape index (κ1) is 42.3. The lowest BCUT2D eigenvalue weighted by atomic mass is 10.0. The van der Waals surface area contributed by atoms with Crippen LogP contribution in [0.25, 0.3) is 5.70 Å². The summed E-state index contributed by atoms with van der Waals surface area (Å²) in [7, 11) is -0.901. The Morgan fingerprint density at radius 1 is 0.934 bits per heavy atom. The van der Waals surface area contributed by atoms with Crippen LogP contribution in [-0.2, 0) is 25.5 Å². The zero-order valence-corrected chi connectivity index (χ0v) is 36.3. The molecule has 320 valence electrons. The predicted molar refractivity (Wildman–Crippen MR) is 238 cm³/mol. The summed E-state index contributed by atoms with van der Waals surface area (Å²) in [4.78, 5) is 54.6. The van der Waals surface area contributed by atoms with Gasteiger partial charge in [-0.1, -0.05) is 35.9 Å². The number of rotatable bonds is 13. The highest BCUT2D eigenvalue weighted by Crippen LogP contribution is 2.41. The van der Waals surface area contributed by atoms with E-state index in [9.17, 15) is 18.9 Å². The van der Waals surface area contributed by atoms with Gasteiger partial charge >= 0.3 is 0 Å². The van der Waals surface area contributed by atoms with E-state index in [1.807, 2.05) is 60.5 Å². The molecular formula is C44H51ClN9O6P. The Hall–Kier alpha value is -5.43. The van der Waals surface area contributed by atoms with Crippen molar-refractivity contribution >= 4 is 76.3 Å². The number of ether oxygens (including phenoxy) is 2. The lowest BCUT2D eigenvalue weighted by molar-refractivity contribution is -0.136. The number of piperazine rings is 1. The van der Waals surface area contributed by atoms with Gasteiger partial charge in [0.05, 0.1) is 24.7 Å². The maximum Gasteiger partial charge on any atom is 0.249 e. The molecule has 1 aromatic heterocycles. The molecule has 4 aromatic rings. The molecule has 1 atom stereocenters. The molecule has 17 heteroatoms. The SMILES string of the molecule is COc1cc(N2CCC(N3CCN(CCOc4cccc5c4CN(C4CCC(=O)NC4=O)C5=C=O)CC3)CC2)ccc1Nc1ncc(Cl)c(Nc2ccccc2P(C)(C)=O)n1. The largest absolute Gasteiger partial charge is 0.494 e. The first-order valence-electron chi connectivity index (χ1n) is 20.7. The molecule has 5 heterocycles. The molecule has 3 saturated heterocycles. The number of hydrogen-bond donors (Lipinski definition) is 3. The van der Waals surface area contributed by atoms with Gasteiger partial charge in [-0.15, -0.1) is 0 Å². The van der Waals surface area contributed by atoms with Gasteiger partial charge < -0.3 is 34.5 Å². The van der Waals surface area contributed by atoms with E-state index in [2.05, 4.69) is 46.7 Å². The van der Waals surface area contributed by atoms with Crippen molar-refractivity contribution < 1.29 is 28.4 Å². The number of imide groups is 1. The zero-order valence-electron chi connectivity index (χ0n) is 34.7. The van der Waals surface area contributed by atoms with Crippen LogP contribution in [0.2, 0.25) is 5.02 Å². The third-order valence-electron chi connectivity index (χ3n) is 12.0. The number of para-hydroxylation sites is 1. The topological polar surface area (TPSA) is 162 Å². The van der Waals surface area contributed by atoms with Gasteiger partial charge in [-0.25, -0.2) is 9.78 Å². The fourth-order valence-electron chi connectivity index (χ4n) is 8.77. The average Bonchev–Trinajstić information content (AvgIpc) is 3.64. The first-order valence-corrected chi connectivity index (χ1v) is 23.7.